The van der Waals surface area contributed by atoms with Crippen LogP contribution in [0.4, 0.5) is 0 Å². The highest BCUT2D eigenvalue weighted by Crippen LogP contribution is 2.04. The number of nitrogens with one attached hydrogen (secondary N) is 1. The minimum atomic E-state index is 0.176. The lowest BCUT2D eigenvalue weighted by Crippen LogP contribution is -2.39. The SMILES string of the molecule is CCCCNC(=O)CN1CCCN(CCCCN)CC1. The molecule has 0 atom stereocenters. The number of hydrogen-bond acceptors (Lipinski definition) is 4. The fraction of sp³-hybridized carbons (Fsp3) is 0.933. The normalized spacial score (nSPS) is 17.9. The average molecular weight is 284 g/mol. The van der Waals surface area contributed by atoms with E-state index in [4.69, 9.17) is 5.73 Å². The van der Waals surface area contributed by atoms with Crippen LogP contribution in [0.25, 0.3) is 0 Å². The zero-order chi connectivity index (χ0) is 14.6. The molecule has 0 radical (unpaired) electrons. The summed E-state index contributed by atoms with van der Waals surface area (Å²) in [5, 5.41) is 3.00. The van der Waals surface area contributed by atoms with E-state index in [-0.39, 0.29) is 5.91 Å². The smallest absolute Gasteiger partial charge is 0.234 e. The highest BCUT2D eigenvalue weighted by Gasteiger charge is 2.16. The number of hydrogen-bond donors (Lipinski definition) is 2. The molecule has 0 aromatic rings. The van der Waals surface area contributed by atoms with Gasteiger partial charge in [-0.15, -0.1) is 0 Å². The van der Waals surface area contributed by atoms with Gasteiger partial charge in [0.1, 0.15) is 0 Å². The second-order valence-corrected chi connectivity index (χ2v) is 5.67. The van der Waals surface area contributed by atoms with Crippen LogP contribution >= 0.6 is 0 Å². The van der Waals surface area contributed by atoms with Crippen LogP contribution in [-0.2, 0) is 4.79 Å². The maximum atomic E-state index is 11.8. The third kappa shape index (κ3) is 7.82. The molecule has 1 amide bonds. The van der Waals surface area contributed by atoms with Gasteiger partial charge in [0.05, 0.1) is 6.54 Å². The second-order valence-electron chi connectivity index (χ2n) is 5.67. The molecule has 0 spiro atoms. The summed E-state index contributed by atoms with van der Waals surface area (Å²) in [5.41, 5.74) is 5.53. The van der Waals surface area contributed by atoms with Crippen LogP contribution in [0.15, 0.2) is 0 Å². The van der Waals surface area contributed by atoms with E-state index < -0.39 is 0 Å². The Morgan fingerprint density at radius 2 is 1.85 bits per heavy atom. The van der Waals surface area contributed by atoms with Gasteiger partial charge in [0, 0.05) is 19.6 Å². The van der Waals surface area contributed by atoms with Crippen molar-refractivity contribution in [2.45, 2.75) is 39.0 Å². The van der Waals surface area contributed by atoms with E-state index in [9.17, 15) is 4.79 Å². The first kappa shape index (κ1) is 17.4. The molecule has 0 aromatic heterocycles. The third-order valence-electron chi connectivity index (χ3n) is 3.83. The lowest BCUT2D eigenvalue weighted by atomic mass is 10.3. The fourth-order valence-corrected chi connectivity index (χ4v) is 2.55. The van der Waals surface area contributed by atoms with E-state index in [2.05, 4.69) is 22.0 Å². The molecule has 20 heavy (non-hydrogen) atoms. The van der Waals surface area contributed by atoms with Crippen LogP contribution < -0.4 is 11.1 Å². The van der Waals surface area contributed by atoms with Crippen molar-refractivity contribution >= 4 is 5.91 Å². The molecular weight excluding hydrogens is 252 g/mol. The fourth-order valence-electron chi connectivity index (χ4n) is 2.55. The van der Waals surface area contributed by atoms with Crippen molar-refractivity contribution in [3.05, 3.63) is 0 Å². The zero-order valence-corrected chi connectivity index (χ0v) is 13.1. The Morgan fingerprint density at radius 1 is 1.10 bits per heavy atom. The van der Waals surface area contributed by atoms with E-state index in [1.807, 2.05) is 0 Å². The van der Waals surface area contributed by atoms with Gasteiger partial charge in [0.2, 0.25) is 5.91 Å². The number of amides is 1. The van der Waals surface area contributed by atoms with Gasteiger partial charge in [-0.25, -0.2) is 0 Å². The minimum absolute atomic E-state index is 0.176. The maximum Gasteiger partial charge on any atom is 0.234 e. The van der Waals surface area contributed by atoms with E-state index in [1.165, 1.54) is 6.42 Å². The van der Waals surface area contributed by atoms with Gasteiger partial charge in [-0.2, -0.15) is 0 Å². The summed E-state index contributed by atoms with van der Waals surface area (Å²) in [6.45, 7) is 9.71. The molecule has 5 heteroatoms. The van der Waals surface area contributed by atoms with Crippen LogP contribution in [-0.4, -0.2) is 68.1 Å². The first-order valence-corrected chi connectivity index (χ1v) is 8.17. The molecule has 1 aliphatic heterocycles. The quantitative estimate of drug-likeness (QED) is 0.610. The first-order chi connectivity index (χ1) is 9.76. The van der Waals surface area contributed by atoms with Gasteiger partial charge in [0.25, 0.3) is 0 Å². The molecule has 1 rings (SSSR count). The largest absolute Gasteiger partial charge is 0.355 e. The van der Waals surface area contributed by atoms with Crippen molar-refractivity contribution < 1.29 is 4.79 Å². The Balaban J connectivity index is 2.17. The van der Waals surface area contributed by atoms with Gasteiger partial charge >= 0.3 is 0 Å². The van der Waals surface area contributed by atoms with Gasteiger partial charge in [-0.05, 0) is 51.9 Å². The van der Waals surface area contributed by atoms with Crippen LogP contribution in [0.3, 0.4) is 0 Å². The maximum absolute atomic E-state index is 11.8. The number of nitrogens with zero attached hydrogens (tertiary/aromatic N) is 2. The second kappa shape index (κ2) is 11.1. The summed E-state index contributed by atoms with van der Waals surface area (Å²) in [5.74, 6) is 0.176. The molecule has 5 nitrogen and oxygen atoms in total. The molecule has 0 unspecified atom stereocenters. The Morgan fingerprint density at radius 3 is 2.60 bits per heavy atom. The third-order valence-corrected chi connectivity index (χ3v) is 3.83. The number of rotatable bonds is 9. The molecule has 0 aromatic carbocycles. The van der Waals surface area contributed by atoms with Crippen molar-refractivity contribution in [3.8, 4) is 0 Å². The van der Waals surface area contributed by atoms with Crippen molar-refractivity contribution in [1.29, 1.82) is 0 Å². The number of unbranched alkanes of at least 4 members (excludes halogenated alkanes) is 2. The molecule has 1 fully saturated rings. The molecule has 3 N–H and O–H groups in total. The minimum Gasteiger partial charge on any atom is -0.355 e. The van der Waals surface area contributed by atoms with Crippen LogP contribution in [0.2, 0.25) is 0 Å². The molecule has 0 bridgehead atoms. The summed E-state index contributed by atoms with van der Waals surface area (Å²) in [4.78, 5) is 16.6. The molecule has 1 heterocycles. The highest BCUT2D eigenvalue weighted by atomic mass is 16.2. The van der Waals surface area contributed by atoms with E-state index in [0.29, 0.717) is 6.54 Å². The Kier molecular flexibility index (Phi) is 9.62. The van der Waals surface area contributed by atoms with Crippen molar-refractivity contribution in [3.63, 3.8) is 0 Å². The Hall–Kier alpha value is -0.650. The summed E-state index contributed by atoms with van der Waals surface area (Å²) in [7, 11) is 0. The van der Waals surface area contributed by atoms with Crippen LogP contribution in [0.1, 0.15) is 39.0 Å². The molecule has 1 aliphatic rings. The summed E-state index contributed by atoms with van der Waals surface area (Å²) >= 11 is 0. The predicted molar refractivity (Wildman–Crippen MR) is 83.7 cm³/mol. The molecular formula is C15H32N4O. The lowest BCUT2D eigenvalue weighted by Gasteiger charge is -2.21. The van der Waals surface area contributed by atoms with Crippen LogP contribution in [0.5, 0.6) is 0 Å². The standard InChI is InChI=1S/C15H32N4O/c1-2-3-8-17-15(20)14-19-11-6-10-18(12-13-19)9-5-4-7-16/h2-14,16H2,1H3,(H,17,20). The summed E-state index contributed by atoms with van der Waals surface area (Å²) in [6, 6.07) is 0. The van der Waals surface area contributed by atoms with E-state index in [0.717, 1.165) is 71.5 Å². The lowest BCUT2D eigenvalue weighted by molar-refractivity contribution is -0.122. The summed E-state index contributed by atoms with van der Waals surface area (Å²) in [6.07, 6.45) is 5.65. The Labute approximate surface area is 123 Å². The Bertz CT molecular complexity index is 260. The van der Waals surface area contributed by atoms with Gasteiger partial charge in [-0.1, -0.05) is 13.3 Å². The van der Waals surface area contributed by atoms with Gasteiger partial charge < -0.3 is 16.0 Å². The molecule has 0 saturated carbocycles. The van der Waals surface area contributed by atoms with Gasteiger partial charge in [0.15, 0.2) is 0 Å². The van der Waals surface area contributed by atoms with Crippen molar-refractivity contribution in [2.75, 3.05) is 52.4 Å². The van der Waals surface area contributed by atoms with Crippen molar-refractivity contribution in [2.24, 2.45) is 5.73 Å². The zero-order valence-electron chi connectivity index (χ0n) is 13.1. The van der Waals surface area contributed by atoms with Crippen LogP contribution in [0, 0.1) is 0 Å². The first-order valence-electron chi connectivity index (χ1n) is 8.17. The van der Waals surface area contributed by atoms with E-state index >= 15 is 0 Å². The van der Waals surface area contributed by atoms with Crippen molar-refractivity contribution in [1.82, 2.24) is 15.1 Å². The predicted octanol–water partition coefficient (Wildman–Crippen LogP) is 0.649. The topological polar surface area (TPSA) is 61.6 Å². The molecule has 118 valence electrons. The van der Waals surface area contributed by atoms with Gasteiger partial charge in [-0.3, -0.25) is 9.69 Å². The molecule has 0 aliphatic carbocycles. The number of carbonyl (C=O) groups excluding carboxylic acids is 1. The average Bonchev–Trinajstić information content (AvgIpc) is 2.65. The molecule has 1 saturated heterocycles. The van der Waals surface area contributed by atoms with E-state index in [1.54, 1.807) is 0 Å². The number of nitrogens with two attached hydrogens (primary N) is 1. The number of carbonyl (C=O) groups is 1. The summed E-state index contributed by atoms with van der Waals surface area (Å²) < 4.78 is 0. The highest BCUT2D eigenvalue weighted by molar-refractivity contribution is 5.77. The monoisotopic (exact) mass is 284 g/mol.